The van der Waals surface area contributed by atoms with Gasteiger partial charge in [0, 0.05) is 12.7 Å². The van der Waals surface area contributed by atoms with Crippen molar-refractivity contribution in [2.24, 2.45) is 10.9 Å². The van der Waals surface area contributed by atoms with Gasteiger partial charge in [0.25, 0.3) is 0 Å². The van der Waals surface area contributed by atoms with Crippen LogP contribution in [0.5, 0.6) is 0 Å². The van der Waals surface area contributed by atoms with Crippen molar-refractivity contribution < 1.29 is 0 Å². The first-order valence-electron chi connectivity index (χ1n) is 7.64. The van der Waals surface area contributed by atoms with Crippen molar-refractivity contribution in [1.82, 2.24) is 15.2 Å². The van der Waals surface area contributed by atoms with Crippen molar-refractivity contribution in [1.29, 1.82) is 0 Å². The van der Waals surface area contributed by atoms with Crippen LogP contribution in [0.25, 0.3) is 0 Å². The number of fused-ring (bicyclic) bond motifs is 1. The molecule has 0 amide bonds. The van der Waals surface area contributed by atoms with Gasteiger partial charge in [-0.15, -0.1) is 24.0 Å². The van der Waals surface area contributed by atoms with Gasteiger partial charge >= 0.3 is 0 Å². The van der Waals surface area contributed by atoms with E-state index < -0.39 is 0 Å². The number of nitrogens with zero attached hydrogens (tertiary/aromatic N) is 3. The second kappa shape index (κ2) is 6.94. The second-order valence-electron chi connectivity index (χ2n) is 6.22. The van der Waals surface area contributed by atoms with Gasteiger partial charge in [-0.25, -0.2) is 0 Å². The second-order valence-corrected chi connectivity index (χ2v) is 6.22. The van der Waals surface area contributed by atoms with E-state index in [4.69, 9.17) is 4.99 Å². The maximum atomic E-state index is 4.71. The average Bonchev–Trinajstić information content (AvgIpc) is 2.82. The monoisotopic (exact) mass is 400 g/mol. The van der Waals surface area contributed by atoms with Crippen LogP contribution >= 0.6 is 24.0 Å². The lowest BCUT2D eigenvalue weighted by molar-refractivity contribution is 0.210. The summed E-state index contributed by atoms with van der Waals surface area (Å²) in [5.74, 6) is 1.84. The van der Waals surface area contributed by atoms with E-state index in [0.717, 1.165) is 30.7 Å². The number of aliphatic imine (C=N–C) groups is 1. The minimum Gasteiger partial charge on any atom is -0.348 e. The van der Waals surface area contributed by atoms with Crippen molar-refractivity contribution in [3.8, 4) is 0 Å². The maximum Gasteiger partial charge on any atom is 0.194 e. The number of aryl methyl sites for hydroxylation is 1. The number of hydrogen-bond donors (Lipinski definition) is 1. The van der Waals surface area contributed by atoms with E-state index in [1.165, 1.54) is 18.4 Å². The lowest BCUT2D eigenvalue weighted by Crippen LogP contribution is -2.48. The number of pyridine rings is 1. The quantitative estimate of drug-likeness (QED) is 0.776. The Morgan fingerprint density at radius 2 is 2.19 bits per heavy atom. The van der Waals surface area contributed by atoms with E-state index in [2.05, 4.69) is 42.0 Å². The van der Waals surface area contributed by atoms with E-state index in [-0.39, 0.29) is 30.0 Å². The molecule has 4 nitrogen and oxygen atoms in total. The molecule has 0 saturated carbocycles. The highest BCUT2D eigenvalue weighted by molar-refractivity contribution is 14.0. The van der Waals surface area contributed by atoms with Crippen LogP contribution in [-0.2, 0) is 0 Å². The Balaban J connectivity index is 0.00000161. The molecule has 3 rings (SSSR count). The summed E-state index contributed by atoms with van der Waals surface area (Å²) in [6, 6.07) is 4.92. The molecule has 2 aliphatic heterocycles. The molecule has 3 atom stereocenters. The largest absolute Gasteiger partial charge is 0.348 e. The van der Waals surface area contributed by atoms with Crippen LogP contribution in [-0.4, -0.2) is 35.0 Å². The van der Waals surface area contributed by atoms with Gasteiger partial charge < -0.3 is 10.2 Å². The van der Waals surface area contributed by atoms with E-state index in [0.29, 0.717) is 6.04 Å². The van der Waals surface area contributed by atoms with Crippen molar-refractivity contribution in [2.45, 2.75) is 45.7 Å². The normalized spacial score (nSPS) is 25.7. The summed E-state index contributed by atoms with van der Waals surface area (Å²) in [6.45, 7) is 8.69. The highest BCUT2D eigenvalue weighted by Gasteiger charge is 2.33. The number of halogens is 1. The predicted octanol–water partition coefficient (Wildman–Crippen LogP) is 3.13. The number of piperidine rings is 1. The first kappa shape index (κ1) is 16.5. The first-order chi connectivity index (χ1) is 9.65. The Morgan fingerprint density at radius 3 is 2.95 bits per heavy atom. The Hall–Kier alpha value is -0.850. The van der Waals surface area contributed by atoms with Crippen LogP contribution < -0.4 is 5.32 Å². The molecular weight excluding hydrogens is 375 g/mol. The minimum absolute atomic E-state index is 0. The van der Waals surface area contributed by atoms with Gasteiger partial charge in [-0.2, -0.15) is 0 Å². The molecule has 3 heterocycles. The smallest absolute Gasteiger partial charge is 0.194 e. The first-order valence-corrected chi connectivity index (χ1v) is 7.64. The highest BCUT2D eigenvalue weighted by atomic mass is 127. The van der Waals surface area contributed by atoms with E-state index in [1.54, 1.807) is 0 Å². The molecular formula is C16H25IN4. The molecule has 0 aliphatic carbocycles. The zero-order valence-corrected chi connectivity index (χ0v) is 15.4. The zero-order chi connectivity index (χ0) is 14.1. The Labute approximate surface area is 144 Å². The molecule has 0 aromatic carbocycles. The summed E-state index contributed by atoms with van der Waals surface area (Å²) in [5.41, 5.74) is 2.35. The number of aromatic nitrogens is 1. The molecule has 1 aromatic heterocycles. The van der Waals surface area contributed by atoms with Gasteiger partial charge in [-0.1, -0.05) is 13.0 Å². The molecule has 1 fully saturated rings. The van der Waals surface area contributed by atoms with Gasteiger partial charge in [0.05, 0.1) is 24.3 Å². The molecule has 3 unspecified atom stereocenters. The van der Waals surface area contributed by atoms with Gasteiger partial charge in [0.2, 0.25) is 0 Å². The summed E-state index contributed by atoms with van der Waals surface area (Å²) < 4.78 is 0. The zero-order valence-electron chi connectivity index (χ0n) is 13.0. The van der Waals surface area contributed by atoms with Crippen LogP contribution in [0, 0.1) is 12.8 Å². The molecule has 2 aliphatic rings. The third kappa shape index (κ3) is 3.49. The molecule has 1 aromatic rings. The minimum atomic E-state index is 0. The molecule has 0 radical (unpaired) electrons. The molecule has 116 valence electrons. The summed E-state index contributed by atoms with van der Waals surface area (Å²) in [6.07, 6.45) is 4.47. The molecule has 5 heteroatoms. The van der Waals surface area contributed by atoms with Crippen molar-refractivity contribution in [3.05, 3.63) is 29.6 Å². The van der Waals surface area contributed by atoms with E-state index >= 15 is 0 Å². The molecule has 21 heavy (non-hydrogen) atoms. The van der Waals surface area contributed by atoms with Crippen molar-refractivity contribution in [2.75, 3.05) is 13.1 Å². The van der Waals surface area contributed by atoms with Crippen LogP contribution in [0.15, 0.2) is 23.3 Å². The predicted molar refractivity (Wildman–Crippen MR) is 97.1 cm³/mol. The topological polar surface area (TPSA) is 40.5 Å². The maximum absolute atomic E-state index is 4.71. The summed E-state index contributed by atoms with van der Waals surface area (Å²) in [7, 11) is 0. The van der Waals surface area contributed by atoms with Crippen LogP contribution in [0.3, 0.4) is 0 Å². The van der Waals surface area contributed by atoms with Crippen LogP contribution in [0.1, 0.15) is 44.0 Å². The number of nitrogens with one attached hydrogen (secondary N) is 1. The average molecular weight is 400 g/mol. The van der Waals surface area contributed by atoms with Gasteiger partial charge in [0.15, 0.2) is 5.96 Å². The SMILES string of the molecule is Cc1cccnc1C(C)NC1=NCC2CCC(C)CN12.I. The van der Waals surface area contributed by atoms with Crippen LogP contribution in [0.4, 0.5) is 0 Å². The van der Waals surface area contributed by atoms with E-state index in [9.17, 15) is 0 Å². The fourth-order valence-corrected chi connectivity index (χ4v) is 3.28. The fourth-order valence-electron chi connectivity index (χ4n) is 3.28. The number of hydrogen-bond acceptors (Lipinski definition) is 4. The Bertz CT molecular complexity index is 517. The summed E-state index contributed by atoms with van der Waals surface area (Å²) >= 11 is 0. The standard InChI is InChI=1S/C16H24N4.HI/c1-11-6-7-14-9-18-16(20(14)10-11)19-13(3)15-12(2)5-4-8-17-15;/h4-5,8,11,13-14H,6-7,9-10H2,1-3H3,(H,18,19);1H. The summed E-state index contributed by atoms with van der Waals surface area (Å²) in [5, 5.41) is 3.57. The van der Waals surface area contributed by atoms with Crippen molar-refractivity contribution >= 4 is 29.9 Å². The van der Waals surface area contributed by atoms with Crippen molar-refractivity contribution in [3.63, 3.8) is 0 Å². The Kier molecular flexibility index (Phi) is 5.46. The third-order valence-corrected chi connectivity index (χ3v) is 4.47. The summed E-state index contributed by atoms with van der Waals surface area (Å²) in [4.78, 5) is 11.7. The molecule has 0 spiro atoms. The van der Waals surface area contributed by atoms with Gasteiger partial charge in [-0.3, -0.25) is 9.98 Å². The van der Waals surface area contributed by atoms with Gasteiger partial charge in [-0.05, 0) is 44.2 Å². The number of rotatable bonds is 2. The van der Waals surface area contributed by atoms with E-state index in [1.807, 2.05) is 12.3 Å². The molecule has 0 bridgehead atoms. The van der Waals surface area contributed by atoms with Crippen LogP contribution in [0.2, 0.25) is 0 Å². The lowest BCUT2D eigenvalue weighted by atomic mass is 9.95. The highest BCUT2D eigenvalue weighted by Crippen LogP contribution is 2.26. The third-order valence-electron chi connectivity index (χ3n) is 4.47. The Morgan fingerprint density at radius 1 is 1.38 bits per heavy atom. The lowest BCUT2D eigenvalue weighted by Gasteiger charge is -2.36. The molecule has 1 saturated heterocycles. The number of guanidine groups is 1. The fraction of sp³-hybridized carbons (Fsp3) is 0.625. The molecule has 1 N–H and O–H groups in total. The van der Waals surface area contributed by atoms with Gasteiger partial charge in [0.1, 0.15) is 0 Å².